The van der Waals surface area contributed by atoms with Gasteiger partial charge in [0.05, 0.1) is 13.2 Å². The van der Waals surface area contributed by atoms with E-state index in [0.29, 0.717) is 36.4 Å². The molecule has 0 saturated heterocycles. The summed E-state index contributed by atoms with van der Waals surface area (Å²) in [6.45, 7) is 9.62. The van der Waals surface area contributed by atoms with Crippen LogP contribution in [0.15, 0.2) is 42.5 Å². The Bertz CT molecular complexity index is 660. The summed E-state index contributed by atoms with van der Waals surface area (Å²) in [5, 5.41) is 19.1. The predicted octanol–water partition coefficient (Wildman–Crippen LogP) is 4.41. The van der Waals surface area contributed by atoms with Gasteiger partial charge in [-0.05, 0) is 53.3 Å². The van der Waals surface area contributed by atoms with Crippen LogP contribution >= 0.6 is 0 Å². The summed E-state index contributed by atoms with van der Waals surface area (Å²) >= 11 is 0. The second-order valence-corrected chi connectivity index (χ2v) is 7.10. The molecule has 0 radical (unpaired) electrons. The summed E-state index contributed by atoms with van der Waals surface area (Å²) in [5.41, 5.74) is 2.25. The third-order valence-corrected chi connectivity index (χ3v) is 3.58. The molecule has 2 aromatic carbocycles. The van der Waals surface area contributed by atoms with E-state index < -0.39 is 6.29 Å². The number of rotatable bonds is 8. The summed E-state index contributed by atoms with van der Waals surface area (Å²) < 4.78 is 11.5. The highest BCUT2D eigenvalue weighted by atomic mass is 16.5. The van der Waals surface area contributed by atoms with Crippen LogP contribution in [0.25, 0.3) is 11.1 Å². The van der Waals surface area contributed by atoms with Crippen molar-refractivity contribution in [2.24, 2.45) is 11.8 Å². The first-order valence-electron chi connectivity index (χ1n) is 8.72. The monoisotopic (exact) mass is 344 g/mol. The minimum Gasteiger partial charge on any atom is -0.493 e. The van der Waals surface area contributed by atoms with Crippen molar-refractivity contribution in [3.8, 4) is 22.6 Å². The molecule has 0 aliphatic heterocycles. The molecule has 0 unspecified atom stereocenters. The van der Waals surface area contributed by atoms with E-state index in [4.69, 9.17) is 9.47 Å². The van der Waals surface area contributed by atoms with Gasteiger partial charge in [0.25, 0.3) is 0 Å². The van der Waals surface area contributed by atoms with E-state index >= 15 is 0 Å². The van der Waals surface area contributed by atoms with Crippen molar-refractivity contribution < 1.29 is 19.7 Å². The summed E-state index contributed by atoms with van der Waals surface area (Å²) in [6, 6.07) is 13.1. The highest BCUT2D eigenvalue weighted by Crippen LogP contribution is 2.30. The van der Waals surface area contributed by atoms with Crippen LogP contribution in [-0.2, 0) is 0 Å². The van der Waals surface area contributed by atoms with Crippen molar-refractivity contribution in [3.05, 3.63) is 48.0 Å². The first-order chi connectivity index (χ1) is 11.8. The number of hydrogen-bond acceptors (Lipinski definition) is 4. The SMILES string of the molecule is CC(C)COc1ccc(-c2cc(OCC(C)C)cc(C(O)O)c2)cc1. The van der Waals surface area contributed by atoms with E-state index in [9.17, 15) is 10.2 Å². The van der Waals surface area contributed by atoms with Crippen molar-refractivity contribution in [1.29, 1.82) is 0 Å². The molecule has 0 atom stereocenters. The van der Waals surface area contributed by atoms with Gasteiger partial charge in [-0.25, -0.2) is 0 Å². The quantitative estimate of drug-likeness (QED) is 0.697. The molecule has 2 rings (SSSR count). The van der Waals surface area contributed by atoms with Crippen molar-refractivity contribution in [1.82, 2.24) is 0 Å². The molecule has 0 aromatic heterocycles. The minimum absolute atomic E-state index is 0.392. The molecule has 2 aromatic rings. The molecule has 4 heteroatoms. The number of aliphatic hydroxyl groups is 2. The van der Waals surface area contributed by atoms with Crippen LogP contribution in [0.5, 0.6) is 11.5 Å². The molecule has 25 heavy (non-hydrogen) atoms. The zero-order valence-electron chi connectivity index (χ0n) is 15.4. The molecule has 0 saturated carbocycles. The first kappa shape index (κ1) is 19.3. The van der Waals surface area contributed by atoms with Crippen LogP contribution < -0.4 is 9.47 Å². The number of aliphatic hydroxyl groups excluding tert-OH is 1. The Morgan fingerprint density at radius 3 is 1.80 bits per heavy atom. The second kappa shape index (κ2) is 8.88. The molecule has 0 heterocycles. The molecular formula is C21H28O4. The van der Waals surface area contributed by atoms with Gasteiger partial charge in [-0.1, -0.05) is 39.8 Å². The minimum atomic E-state index is -1.53. The van der Waals surface area contributed by atoms with Gasteiger partial charge in [-0.15, -0.1) is 0 Å². The third kappa shape index (κ3) is 6.07. The molecule has 0 aliphatic rings. The van der Waals surface area contributed by atoms with E-state index in [2.05, 4.69) is 27.7 Å². The lowest BCUT2D eigenvalue weighted by atomic mass is 10.0. The number of hydrogen-bond donors (Lipinski definition) is 2. The Balaban J connectivity index is 2.24. The maximum atomic E-state index is 9.54. The average Bonchev–Trinajstić information content (AvgIpc) is 2.58. The molecule has 0 amide bonds. The van der Waals surface area contributed by atoms with Crippen molar-refractivity contribution in [3.63, 3.8) is 0 Å². The van der Waals surface area contributed by atoms with E-state index in [0.717, 1.165) is 16.9 Å². The van der Waals surface area contributed by atoms with Gasteiger partial charge in [0.15, 0.2) is 6.29 Å². The molecule has 0 fully saturated rings. The maximum absolute atomic E-state index is 9.54. The molecule has 0 aliphatic carbocycles. The topological polar surface area (TPSA) is 58.9 Å². The highest BCUT2D eigenvalue weighted by Gasteiger charge is 2.10. The van der Waals surface area contributed by atoms with Gasteiger partial charge in [-0.2, -0.15) is 0 Å². The van der Waals surface area contributed by atoms with E-state index in [1.165, 1.54) is 0 Å². The van der Waals surface area contributed by atoms with Gasteiger partial charge in [0.1, 0.15) is 11.5 Å². The molecule has 4 nitrogen and oxygen atoms in total. The van der Waals surface area contributed by atoms with Crippen molar-refractivity contribution >= 4 is 0 Å². The van der Waals surface area contributed by atoms with Crippen LogP contribution in [0.1, 0.15) is 39.5 Å². The fourth-order valence-electron chi connectivity index (χ4n) is 2.29. The Kier molecular flexibility index (Phi) is 6.85. The second-order valence-electron chi connectivity index (χ2n) is 7.10. The number of ether oxygens (including phenoxy) is 2. The van der Waals surface area contributed by atoms with Gasteiger partial charge in [-0.3, -0.25) is 0 Å². The third-order valence-electron chi connectivity index (χ3n) is 3.58. The van der Waals surface area contributed by atoms with Crippen LogP contribution in [0.4, 0.5) is 0 Å². The Hall–Kier alpha value is -2.04. The summed E-state index contributed by atoms with van der Waals surface area (Å²) in [6.07, 6.45) is -1.53. The van der Waals surface area contributed by atoms with E-state index in [1.807, 2.05) is 30.3 Å². The zero-order valence-corrected chi connectivity index (χ0v) is 15.4. The van der Waals surface area contributed by atoms with Crippen molar-refractivity contribution in [2.75, 3.05) is 13.2 Å². The van der Waals surface area contributed by atoms with Crippen LogP contribution in [0, 0.1) is 11.8 Å². The molecule has 0 spiro atoms. The van der Waals surface area contributed by atoms with Crippen LogP contribution in [-0.4, -0.2) is 23.4 Å². The van der Waals surface area contributed by atoms with Gasteiger partial charge < -0.3 is 19.7 Å². The summed E-state index contributed by atoms with van der Waals surface area (Å²) in [4.78, 5) is 0. The smallest absolute Gasteiger partial charge is 0.178 e. The fourth-order valence-corrected chi connectivity index (χ4v) is 2.29. The normalized spacial score (nSPS) is 11.4. The zero-order chi connectivity index (χ0) is 18.4. The average molecular weight is 344 g/mol. The summed E-state index contributed by atoms with van der Waals surface area (Å²) in [7, 11) is 0. The van der Waals surface area contributed by atoms with Gasteiger partial charge >= 0.3 is 0 Å². The first-order valence-corrected chi connectivity index (χ1v) is 8.72. The Morgan fingerprint density at radius 2 is 1.28 bits per heavy atom. The van der Waals surface area contributed by atoms with Crippen LogP contribution in [0.2, 0.25) is 0 Å². The predicted molar refractivity (Wildman–Crippen MR) is 99.7 cm³/mol. The molecule has 2 N–H and O–H groups in total. The molecule has 0 bridgehead atoms. The van der Waals surface area contributed by atoms with Crippen LogP contribution in [0.3, 0.4) is 0 Å². The Labute approximate surface area is 150 Å². The lowest BCUT2D eigenvalue weighted by molar-refractivity contribution is -0.0426. The molecule has 136 valence electrons. The Morgan fingerprint density at radius 1 is 0.720 bits per heavy atom. The fraction of sp³-hybridized carbons (Fsp3) is 0.429. The van der Waals surface area contributed by atoms with E-state index in [1.54, 1.807) is 12.1 Å². The standard InChI is InChI=1S/C21H28O4/c1-14(2)12-24-19-7-5-16(6-8-19)17-9-18(21(22)23)11-20(10-17)25-13-15(3)4/h5-11,14-15,21-23H,12-13H2,1-4H3. The van der Waals surface area contributed by atoms with Gasteiger partial charge in [0.2, 0.25) is 0 Å². The number of benzene rings is 2. The molecular weight excluding hydrogens is 316 g/mol. The summed E-state index contributed by atoms with van der Waals surface area (Å²) in [5.74, 6) is 2.33. The lowest BCUT2D eigenvalue weighted by Gasteiger charge is -2.14. The van der Waals surface area contributed by atoms with Gasteiger partial charge in [0, 0.05) is 5.56 Å². The lowest BCUT2D eigenvalue weighted by Crippen LogP contribution is -2.05. The van der Waals surface area contributed by atoms with Crippen molar-refractivity contribution in [2.45, 2.75) is 34.0 Å². The highest BCUT2D eigenvalue weighted by molar-refractivity contribution is 5.67. The maximum Gasteiger partial charge on any atom is 0.178 e. The largest absolute Gasteiger partial charge is 0.493 e. The van der Waals surface area contributed by atoms with E-state index in [-0.39, 0.29) is 0 Å².